The molecule has 3 N–H and O–H groups in total. The average molecular weight is 282 g/mol. The quantitative estimate of drug-likeness (QED) is 0.647. The number of ether oxygens (including phenoxy) is 1. The van der Waals surface area contributed by atoms with Crippen LogP contribution in [0, 0.1) is 0 Å². The van der Waals surface area contributed by atoms with Gasteiger partial charge in [0.05, 0.1) is 6.61 Å². The van der Waals surface area contributed by atoms with Crippen molar-refractivity contribution in [1.82, 2.24) is 4.72 Å². The lowest BCUT2D eigenvalue weighted by Gasteiger charge is -2.21. The van der Waals surface area contributed by atoms with Crippen LogP contribution in [0.1, 0.15) is 18.9 Å². The summed E-state index contributed by atoms with van der Waals surface area (Å²) < 4.78 is 32.5. The molecule has 0 aliphatic carbocycles. The Morgan fingerprint density at radius 3 is 2.95 bits per heavy atom. The molecular weight excluding hydrogens is 264 g/mol. The molecule has 1 aromatic carbocycles. The number of nitrogen functional groups attached to an aromatic ring is 1. The van der Waals surface area contributed by atoms with Crippen LogP contribution in [-0.4, -0.2) is 21.6 Å². The summed E-state index contributed by atoms with van der Waals surface area (Å²) in [6.07, 6.45) is 1.65. The lowest BCUT2D eigenvalue weighted by Crippen LogP contribution is -2.27. The number of benzene rings is 1. The maximum absolute atomic E-state index is 12.3. The molecule has 2 rings (SSSR count). The van der Waals surface area contributed by atoms with Gasteiger partial charge < -0.3 is 10.5 Å². The molecule has 0 saturated carbocycles. The molecule has 104 valence electrons. The molecule has 0 atom stereocenters. The topological polar surface area (TPSA) is 81.4 Å². The smallest absolute Gasteiger partial charge is 0.244 e. The van der Waals surface area contributed by atoms with Crippen LogP contribution in [-0.2, 0) is 16.4 Å². The number of hydrogen-bond acceptors (Lipinski definition) is 4. The van der Waals surface area contributed by atoms with Crippen molar-refractivity contribution < 1.29 is 13.2 Å². The van der Waals surface area contributed by atoms with Crippen LogP contribution in [0.3, 0.4) is 0 Å². The minimum absolute atomic E-state index is 0.114. The number of hydrogen-bond donors (Lipinski definition) is 2. The van der Waals surface area contributed by atoms with Gasteiger partial charge >= 0.3 is 0 Å². The number of nitrogens with two attached hydrogens (primary N) is 1. The van der Waals surface area contributed by atoms with E-state index < -0.39 is 10.0 Å². The maximum Gasteiger partial charge on any atom is 0.244 e. The van der Waals surface area contributed by atoms with Gasteiger partial charge in [-0.2, -0.15) is 0 Å². The fraction of sp³-hybridized carbons (Fsp3) is 0.385. The van der Waals surface area contributed by atoms with Crippen LogP contribution < -0.4 is 15.2 Å². The van der Waals surface area contributed by atoms with Crippen molar-refractivity contribution in [3.63, 3.8) is 0 Å². The molecule has 0 fully saturated rings. The second-order valence-electron chi connectivity index (χ2n) is 4.74. The number of rotatable bonds is 4. The number of fused-ring (bicyclic) bond motifs is 1. The van der Waals surface area contributed by atoms with Crippen molar-refractivity contribution in [3.8, 4) is 5.75 Å². The number of sulfonamides is 1. The molecular formula is C13H18N2O3S. The van der Waals surface area contributed by atoms with E-state index in [1.807, 2.05) is 0 Å². The van der Waals surface area contributed by atoms with Gasteiger partial charge in [0.25, 0.3) is 0 Å². The minimum atomic E-state index is -3.64. The number of nitrogens with one attached hydrogen (secondary N) is 1. The standard InChI is InChI=1S/C13H18N2O3S/c1-9(2)8-15-19(16,17)12-7-11(14)6-10-4-3-5-18-13(10)12/h6-7,15H,1,3-5,8,14H2,2H3. The third-order valence-electron chi connectivity index (χ3n) is 2.84. The van der Waals surface area contributed by atoms with E-state index in [-0.39, 0.29) is 11.4 Å². The van der Waals surface area contributed by atoms with Crippen molar-refractivity contribution in [3.05, 3.63) is 29.8 Å². The van der Waals surface area contributed by atoms with Crippen molar-refractivity contribution >= 4 is 15.7 Å². The normalized spacial score (nSPS) is 14.6. The Morgan fingerprint density at radius 2 is 2.26 bits per heavy atom. The van der Waals surface area contributed by atoms with Gasteiger partial charge in [0.1, 0.15) is 10.6 Å². The molecule has 6 heteroatoms. The molecule has 1 heterocycles. The monoisotopic (exact) mass is 282 g/mol. The van der Waals surface area contributed by atoms with Crippen molar-refractivity contribution in [2.45, 2.75) is 24.7 Å². The highest BCUT2D eigenvalue weighted by molar-refractivity contribution is 7.89. The first-order chi connectivity index (χ1) is 8.90. The van der Waals surface area contributed by atoms with Crippen LogP contribution in [0.2, 0.25) is 0 Å². The van der Waals surface area contributed by atoms with Crippen molar-refractivity contribution in [2.75, 3.05) is 18.9 Å². The summed E-state index contributed by atoms with van der Waals surface area (Å²) in [5, 5.41) is 0. The van der Waals surface area contributed by atoms with E-state index in [2.05, 4.69) is 11.3 Å². The molecule has 0 amide bonds. The zero-order valence-electron chi connectivity index (χ0n) is 10.9. The molecule has 19 heavy (non-hydrogen) atoms. The zero-order chi connectivity index (χ0) is 14.0. The summed E-state index contributed by atoms with van der Waals surface area (Å²) in [6.45, 7) is 6.16. The van der Waals surface area contributed by atoms with Gasteiger partial charge in [0, 0.05) is 12.2 Å². The van der Waals surface area contributed by atoms with Crippen LogP contribution in [0.4, 0.5) is 5.69 Å². The Morgan fingerprint density at radius 1 is 1.53 bits per heavy atom. The molecule has 0 saturated heterocycles. The molecule has 0 radical (unpaired) electrons. The highest BCUT2D eigenvalue weighted by atomic mass is 32.2. The summed E-state index contributed by atoms with van der Waals surface area (Å²) in [6, 6.07) is 3.21. The first-order valence-corrected chi connectivity index (χ1v) is 7.58. The van der Waals surface area contributed by atoms with Crippen molar-refractivity contribution in [1.29, 1.82) is 0 Å². The molecule has 1 aliphatic rings. The second-order valence-corrected chi connectivity index (χ2v) is 6.48. The predicted octanol–water partition coefficient (Wildman–Crippen LogP) is 1.45. The van der Waals surface area contributed by atoms with Gasteiger partial charge in [-0.25, -0.2) is 13.1 Å². The van der Waals surface area contributed by atoms with Gasteiger partial charge in [-0.05, 0) is 37.5 Å². The molecule has 0 unspecified atom stereocenters. The minimum Gasteiger partial charge on any atom is -0.492 e. The summed E-state index contributed by atoms with van der Waals surface area (Å²) in [5.74, 6) is 0.426. The Bertz CT molecular complexity index is 609. The summed E-state index contributed by atoms with van der Waals surface area (Å²) >= 11 is 0. The number of aryl methyl sites for hydroxylation is 1. The predicted molar refractivity (Wildman–Crippen MR) is 74.7 cm³/mol. The zero-order valence-corrected chi connectivity index (χ0v) is 11.7. The molecule has 0 spiro atoms. The first-order valence-electron chi connectivity index (χ1n) is 6.09. The maximum atomic E-state index is 12.3. The lowest BCUT2D eigenvalue weighted by molar-refractivity contribution is 0.280. The lowest BCUT2D eigenvalue weighted by atomic mass is 10.1. The highest BCUT2D eigenvalue weighted by Crippen LogP contribution is 2.34. The Labute approximate surface area is 113 Å². The molecule has 0 bridgehead atoms. The Hall–Kier alpha value is -1.53. The SMILES string of the molecule is C=C(C)CNS(=O)(=O)c1cc(N)cc2c1OCCC2. The Balaban J connectivity index is 2.43. The van der Waals surface area contributed by atoms with Gasteiger partial charge in [-0.15, -0.1) is 0 Å². The Kier molecular flexibility index (Phi) is 3.82. The third-order valence-corrected chi connectivity index (χ3v) is 4.25. The van der Waals surface area contributed by atoms with E-state index in [9.17, 15) is 8.42 Å². The van der Waals surface area contributed by atoms with Gasteiger partial charge in [-0.3, -0.25) is 0 Å². The summed E-state index contributed by atoms with van der Waals surface area (Å²) in [4.78, 5) is 0.114. The fourth-order valence-electron chi connectivity index (χ4n) is 1.97. The fourth-order valence-corrected chi connectivity index (χ4v) is 3.28. The van der Waals surface area contributed by atoms with E-state index in [0.29, 0.717) is 18.0 Å². The molecule has 0 aromatic heterocycles. The van der Waals surface area contributed by atoms with E-state index >= 15 is 0 Å². The third kappa shape index (κ3) is 3.08. The van der Waals surface area contributed by atoms with Gasteiger partial charge in [0.2, 0.25) is 10.0 Å². The largest absolute Gasteiger partial charge is 0.492 e. The van der Waals surface area contributed by atoms with Crippen LogP contribution >= 0.6 is 0 Å². The number of anilines is 1. The summed E-state index contributed by atoms with van der Waals surface area (Å²) in [7, 11) is -3.64. The summed E-state index contributed by atoms with van der Waals surface area (Å²) in [5.41, 5.74) is 7.79. The van der Waals surface area contributed by atoms with Crippen LogP contribution in [0.15, 0.2) is 29.2 Å². The van der Waals surface area contributed by atoms with Crippen LogP contribution in [0.5, 0.6) is 5.75 Å². The van der Waals surface area contributed by atoms with E-state index in [1.165, 1.54) is 6.07 Å². The van der Waals surface area contributed by atoms with E-state index in [1.54, 1.807) is 13.0 Å². The first kappa shape index (κ1) is 13.9. The second kappa shape index (κ2) is 5.22. The van der Waals surface area contributed by atoms with Crippen molar-refractivity contribution in [2.24, 2.45) is 0 Å². The van der Waals surface area contributed by atoms with Gasteiger partial charge in [-0.1, -0.05) is 12.2 Å². The van der Waals surface area contributed by atoms with E-state index in [0.717, 1.165) is 24.0 Å². The molecule has 1 aliphatic heterocycles. The van der Waals surface area contributed by atoms with E-state index in [4.69, 9.17) is 10.5 Å². The average Bonchev–Trinajstić information content (AvgIpc) is 2.35. The van der Waals surface area contributed by atoms with Gasteiger partial charge in [0.15, 0.2) is 0 Å². The van der Waals surface area contributed by atoms with Crippen LogP contribution in [0.25, 0.3) is 0 Å². The molecule has 1 aromatic rings. The highest BCUT2D eigenvalue weighted by Gasteiger charge is 2.24. The molecule has 5 nitrogen and oxygen atoms in total.